The minimum atomic E-state index is -0.420. The molecule has 124 valence electrons. The molecular weight excluding hydrogens is 280 g/mol. The van der Waals surface area contributed by atoms with E-state index in [1.165, 1.54) is 0 Å². The van der Waals surface area contributed by atoms with Gasteiger partial charge >= 0.3 is 6.09 Å². The quantitative estimate of drug-likeness (QED) is 0.877. The smallest absolute Gasteiger partial charge is 0.410 e. The largest absolute Gasteiger partial charge is 0.444 e. The normalized spacial score (nSPS) is 20.2. The summed E-state index contributed by atoms with van der Waals surface area (Å²) in [4.78, 5) is 13.8. The van der Waals surface area contributed by atoms with Crippen LogP contribution in [-0.4, -0.2) is 46.4 Å². The summed E-state index contributed by atoms with van der Waals surface area (Å²) in [6, 6.07) is 2.25. The molecule has 0 aliphatic carbocycles. The lowest BCUT2D eigenvalue weighted by Gasteiger charge is -2.24. The molecule has 6 heteroatoms. The Morgan fingerprint density at radius 3 is 3.00 bits per heavy atom. The molecule has 0 aromatic carbocycles. The number of aromatic nitrogens is 2. The van der Waals surface area contributed by atoms with Crippen LogP contribution in [0.5, 0.6) is 0 Å². The molecule has 0 spiro atoms. The third kappa shape index (κ3) is 5.02. The van der Waals surface area contributed by atoms with E-state index < -0.39 is 5.60 Å². The zero-order chi connectivity index (χ0) is 16.2. The molecule has 22 heavy (non-hydrogen) atoms. The molecule has 0 radical (unpaired) electrons. The summed E-state index contributed by atoms with van der Waals surface area (Å²) >= 11 is 0. The molecule has 1 aliphatic rings. The second kappa shape index (κ2) is 7.13. The predicted molar refractivity (Wildman–Crippen MR) is 85.5 cm³/mol. The van der Waals surface area contributed by atoms with Gasteiger partial charge in [0.05, 0.1) is 5.69 Å². The van der Waals surface area contributed by atoms with E-state index >= 15 is 0 Å². The van der Waals surface area contributed by atoms with Crippen molar-refractivity contribution in [1.29, 1.82) is 0 Å². The third-order valence-electron chi connectivity index (χ3n) is 3.93. The molecule has 2 rings (SSSR count). The van der Waals surface area contributed by atoms with Crippen LogP contribution in [0.25, 0.3) is 0 Å². The van der Waals surface area contributed by atoms with Gasteiger partial charge < -0.3 is 15.0 Å². The first kappa shape index (κ1) is 16.8. The number of carbonyl (C=O) groups excluding carboxylic acids is 1. The summed E-state index contributed by atoms with van der Waals surface area (Å²) in [5.41, 5.74) is 0.678. The standard InChI is InChI=1S/C16H28N4O2/c1-12(14-6-9-18-19-14)17-8-5-13-7-10-20(11-13)15(21)22-16(2,3)4/h6,9,12-13,17H,5,7-8,10-11H2,1-4H3,(H,18,19). The Labute approximate surface area is 132 Å². The second-order valence-electron chi connectivity index (χ2n) is 7.06. The van der Waals surface area contributed by atoms with Crippen LogP contribution in [0.4, 0.5) is 4.79 Å². The summed E-state index contributed by atoms with van der Waals surface area (Å²) in [6.07, 6.45) is 3.70. The Hall–Kier alpha value is -1.56. The molecule has 1 aromatic heterocycles. The highest BCUT2D eigenvalue weighted by Gasteiger charge is 2.29. The van der Waals surface area contributed by atoms with Gasteiger partial charge in [0.1, 0.15) is 5.60 Å². The van der Waals surface area contributed by atoms with Gasteiger partial charge in [-0.2, -0.15) is 5.10 Å². The van der Waals surface area contributed by atoms with E-state index in [1.54, 1.807) is 6.20 Å². The summed E-state index contributed by atoms with van der Waals surface area (Å²) in [6.45, 7) is 10.4. The molecule has 1 aromatic rings. The van der Waals surface area contributed by atoms with Gasteiger partial charge in [-0.05, 0) is 59.1 Å². The van der Waals surface area contributed by atoms with Gasteiger partial charge in [-0.3, -0.25) is 5.10 Å². The number of amides is 1. The zero-order valence-corrected chi connectivity index (χ0v) is 14.1. The van der Waals surface area contributed by atoms with E-state index in [0.717, 1.165) is 38.2 Å². The number of aromatic amines is 1. The number of carbonyl (C=O) groups is 1. The Bertz CT molecular complexity index is 467. The lowest BCUT2D eigenvalue weighted by molar-refractivity contribution is 0.0287. The first-order chi connectivity index (χ1) is 10.3. The number of nitrogens with zero attached hydrogens (tertiary/aromatic N) is 2. The van der Waals surface area contributed by atoms with Crippen LogP contribution < -0.4 is 5.32 Å². The number of ether oxygens (including phenoxy) is 1. The molecule has 6 nitrogen and oxygen atoms in total. The first-order valence-electron chi connectivity index (χ1n) is 8.06. The minimum absolute atomic E-state index is 0.186. The maximum absolute atomic E-state index is 12.0. The summed E-state index contributed by atoms with van der Waals surface area (Å²) in [5.74, 6) is 0.550. The van der Waals surface area contributed by atoms with Crippen molar-refractivity contribution < 1.29 is 9.53 Å². The Morgan fingerprint density at radius 2 is 2.36 bits per heavy atom. The molecule has 2 atom stereocenters. The SMILES string of the molecule is CC(NCCC1CCN(C(=O)OC(C)(C)C)C1)c1ccn[nH]1. The monoisotopic (exact) mass is 308 g/mol. The van der Waals surface area contributed by atoms with E-state index in [2.05, 4.69) is 22.4 Å². The average molecular weight is 308 g/mol. The third-order valence-corrected chi connectivity index (χ3v) is 3.93. The number of hydrogen-bond donors (Lipinski definition) is 2. The highest BCUT2D eigenvalue weighted by molar-refractivity contribution is 5.68. The summed E-state index contributed by atoms with van der Waals surface area (Å²) < 4.78 is 5.42. The van der Waals surface area contributed by atoms with Crippen molar-refractivity contribution in [3.63, 3.8) is 0 Å². The van der Waals surface area contributed by atoms with Gasteiger partial charge in [0.2, 0.25) is 0 Å². The van der Waals surface area contributed by atoms with Crippen LogP contribution in [0, 0.1) is 5.92 Å². The van der Waals surface area contributed by atoms with Crippen molar-refractivity contribution in [1.82, 2.24) is 20.4 Å². The molecule has 0 bridgehead atoms. The Balaban J connectivity index is 1.67. The van der Waals surface area contributed by atoms with Crippen LogP contribution in [-0.2, 0) is 4.74 Å². The van der Waals surface area contributed by atoms with E-state index in [0.29, 0.717) is 5.92 Å². The van der Waals surface area contributed by atoms with Crippen LogP contribution in [0.1, 0.15) is 52.3 Å². The second-order valence-corrected chi connectivity index (χ2v) is 7.06. The molecule has 1 saturated heterocycles. The van der Waals surface area contributed by atoms with Crippen LogP contribution in [0.3, 0.4) is 0 Å². The Morgan fingerprint density at radius 1 is 1.59 bits per heavy atom. The van der Waals surface area contributed by atoms with Gasteiger partial charge in [0.15, 0.2) is 0 Å². The summed E-state index contributed by atoms with van der Waals surface area (Å²) in [5, 5.41) is 10.4. The molecule has 2 N–H and O–H groups in total. The van der Waals surface area contributed by atoms with Crippen LogP contribution in [0.15, 0.2) is 12.3 Å². The molecule has 1 aliphatic heterocycles. The van der Waals surface area contributed by atoms with Gasteiger partial charge in [-0.1, -0.05) is 0 Å². The maximum Gasteiger partial charge on any atom is 0.410 e. The number of H-pyrrole nitrogens is 1. The molecular formula is C16H28N4O2. The topological polar surface area (TPSA) is 70.2 Å². The number of hydrogen-bond acceptors (Lipinski definition) is 4. The van der Waals surface area contributed by atoms with Crippen molar-refractivity contribution in [2.75, 3.05) is 19.6 Å². The molecule has 2 heterocycles. The number of rotatable bonds is 5. The van der Waals surface area contributed by atoms with E-state index in [-0.39, 0.29) is 12.1 Å². The van der Waals surface area contributed by atoms with Crippen LogP contribution in [0.2, 0.25) is 0 Å². The highest BCUT2D eigenvalue weighted by atomic mass is 16.6. The average Bonchev–Trinajstić information content (AvgIpc) is 3.08. The predicted octanol–water partition coefficient (Wildman–Crippen LogP) is 2.71. The molecule has 1 fully saturated rings. The first-order valence-corrected chi connectivity index (χ1v) is 8.06. The Kier molecular flexibility index (Phi) is 5.45. The minimum Gasteiger partial charge on any atom is -0.444 e. The fourth-order valence-corrected chi connectivity index (χ4v) is 2.68. The van der Waals surface area contributed by atoms with Gasteiger partial charge in [-0.15, -0.1) is 0 Å². The highest BCUT2D eigenvalue weighted by Crippen LogP contribution is 2.22. The molecule has 2 unspecified atom stereocenters. The van der Waals surface area contributed by atoms with Crippen molar-refractivity contribution in [2.24, 2.45) is 5.92 Å². The fourth-order valence-electron chi connectivity index (χ4n) is 2.68. The van der Waals surface area contributed by atoms with Gasteiger partial charge in [0.25, 0.3) is 0 Å². The van der Waals surface area contributed by atoms with Crippen LogP contribution >= 0.6 is 0 Å². The van der Waals surface area contributed by atoms with E-state index in [4.69, 9.17) is 4.74 Å². The van der Waals surface area contributed by atoms with E-state index in [9.17, 15) is 4.79 Å². The van der Waals surface area contributed by atoms with Crippen molar-refractivity contribution >= 4 is 6.09 Å². The fraction of sp³-hybridized carbons (Fsp3) is 0.750. The van der Waals surface area contributed by atoms with E-state index in [1.807, 2.05) is 31.7 Å². The van der Waals surface area contributed by atoms with Crippen molar-refractivity contribution in [2.45, 2.75) is 52.2 Å². The van der Waals surface area contributed by atoms with Crippen molar-refractivity contribution in [3.8, 4) is 0 Å². The summed E-state index contributed by atoms with van der Waals surface area (Å²) in [7, 11) is 0. The molecule has 1 amide bonds. The molecule has 0 saturated carbocycles. The zero-order valence-electron chi connectivity index (χ0n) is 14.1. The van der Waals surface area contributed by atoms with Crippen molar-refractivity contribution in [3.05, 3.63) is 18.0 Å². The number of nitrogens with one attached hydrogen (secondary N) is 2. The lowest BCUT2D eigenvalue weighted by atomic mass is 10.0. The number of likely N-dealkylation sites (tertiary alicyclic amines) is 1. The van der Waals surface area contributed by atoms with Gasteiger partial charge in [0, 0.05) is 25.3 Å². The van der Waals surface area contributed by atoms with Gasteiger partial charge in [-0.25, -0.2) is 4.79 Å². The lowest BCUT2D eigenvalue weighted by Crippen LogP contribution is -2.35. The maximum atomic E-state index is 12.0.